The summed E-state index contributed by atoms with van der Waals surface area (Å²) in [5.74, 6) is 0.776. The van der Waals surface area contributed by atoms with Crippen molar-refractivity contribution >= 4 is 17.3 Å². The van der Waals surface area contributed by atoms with Gasteiger partial charge in [-0.2, -0.15) is 0 Å². The molecule has 0 saturated carbocycles. The summed E-state index contributed by atoms with van der Waals surface area (Å²) in [6.45, 7) is 2.30. The molecule has 1 aromatic rings. The van der Waals surface area contributed by atoms with Crippen LogP contribution in [-0.2, 0) is 9.47 Å². The SMILES string of the molecule is Nc1ccc(OC2CCOC3(CCOCC3)C2)cc1Cl. The van der Waals surface area contributed by atoms with Crippen LogP contribution in [0.1, 0.15) is 25.7 Å². The summed E-state index contributed by atoms with van der Waals surface area (Å²) in [6, 6.07) is 5.43. The van der Waals surface area contributed by atoms with Crippen LogP contribution in [0.4, 0.5) is 5.69 Å². The summed E-state index contributed by atoms with van der Waals surface area (Å²) < 4.78 is 17.5. The molecular weight excluding hydrogens is 278 g/mol. The molecule has 0 amide bonds. The molecule has 110 valence electrons. The molecule has 2 heterocycles. The fourth-order valence-corrected chi connectivity index (χ4v) is 3.12. The van der Waals surface area contributed by atoms with E-state index in [-0.39, 0.29) is 11.7 Å². The lowest BCUT2D eigenvalue weighted by molar-refractivity contribution is -0.155. The Hall–Kier alpha value is -0.970. The van der Waals surface area contributed by atoms with E-state index in [9.17, 15) is 0 Å². The average molecular weight is 298 g/mol. The molecule has 0 aromatic heterocycles. The van der Waals surface area contributed by atoms with Crippen LogP contribution in [0.3, 0.4) is 0 Å². The predicted octanol–water partition coefficient (Wildman–Crippen LogP) is 3.03. The zero-order valence-corrected chi connectivity index (χ0v) is 12.2. The molecule has 0 radical (unpaired) electrons. The van der Waals surface area contributed by atoms with Crippen molar-refractivity contribution in [3.8, 4) is 5.75 Å². The van der Waals surface area contributed by atoms with Gasteiger partial charge in [0.2, 0.25) is 0 Å². The minimum Gasteiger partial charge on any atom is -0.490 e. The second-order valence-electron chi connectivity index (χ2n) is 5.56. The third-order valence-electron chi connectivity index (χ3n) is 4.13. The van der Waals surface area contributed by atoms with Gasteiger partial charge in [0.25, 0.3) is 0 Å². The molecule has 1 unspecified atom stereocenters. The molecule has 1 aromatic carbocycles. The van der Waals surface area contributed by atoms with Gasteiger partial charge in [-0.05, 0) is 25.0 Å². The van der Waals surface area contributed by atoms with E-state index >= 15 is 0 Å². The summed E-state index contributed by atoms with van der Waals surface area (Å²) in [5.41, 5.74) is 6.23. The van der Waals surface area contributed by atoms with Crippen molar-refractivity contribution in [3.05, 3.63) is 23.2 Å². The molecule has 0 bridgehead atoms. The van der Waals surface area contributed by atoms with Crippen LogP contribution in [0.25, 0.3) is 0 Å². The minimum absolute atomic E-state index is 0.0568. The zero-order valence-electron chi connectivity index (χ0n) is 11.4. The van der Waals surface area contributed by atoms with Crippen molar-refractivity contribution in [1.29, 1.82) is 0 Å². The monoisotopic (exact) mass is 297 g/mol. The molecule has 5 heteroatoms. The van der Waals surface area contributed by atoms with E-state index in [2.05, 4.69) is 0 Å². The van der Waals surface area contributed by atoms with Crippen molar-refractivity contribution in [2.24, 2.45) is 0 Å². The van der Waals surface area contributed by atoms with Gasteiger partial charge in [0.15, 0.2) is 0 Å². The number of ether oxygens (including phenoxy) is 3. The van der Waals surface area contributed by atoms with Crippen molar-refractivity contribution < 1.29 is 14.2 Å². The lowest BCUT2D eigenvalue weighted by atomic mass is 9.85. The second kappa shape index (κ2) is 5.80. The van der Waals surface area contributed by atoms with E-state index < -0.39 is 0 Å². The first kappa shape index (κ1) is 14.0. The Morgan fingerprint density at radius 3 is 2.80 bits per heavy atom. The Kier molecular flexibility index (Phi) is 4.06. The van der Waals surface area contributed by atoms with Gasteiger partial charge in [0.1, 0.15) is 11.9 Å². The van der Waals surface area contributed by atoms with E-state index in [4.69, 9.17) is 31.5 Å². The van der Waals surface area contributed by atoms with E-state index in [0.717, 1.165) is 51.3 Å². The van der Waals surface area contributed by atoms with Crippen molar-refractivity contribution in [2.45, 2.75) is 37.4 Å². The molecule has 1 atom stereocenters. The molecule has 2 aliphatic heterocycles. The van der Waals surface area contributed by atoms with Crippen LogP contribution in [-0.4, -0.2) is 31.5 Å². The van der Waals surface area contributed by atoms with E-state index in [1.165, 1.54) is 0 Å². The number of nitrogen functional groups attached to an aromatic ring is 1. The fourth-order valence-electron chi connectivity index (χ4n) is 2.95. The van der Waals surface area contributed by atoms with Crippen molar-refractivity contribution in [1.82, 2.24) is 0 Å². The molecule has 2 saturated heterocycles. The summed E-state index contributed by atoms with van der Waals surface area (Å²) >= 11 is 6.03. The molecule has 1 spiro atoms. The number of hydrogen-bond acceptors (Lipinski definition) is 4. The van der Waals surface area contributed by atoms with Crippen molar-refractivity contribution in [3.63, 3.8) is 0 Å². The molecule has 2 N–H and O–H groups in total. The quantitative estimate of drug-likeness (QED) is 0.853. The molecular formula is C15H20ClNO3. The first-order chi connectivity index (χ1) is 9.67. The number of nitrogens with two attached hydrogens (primary N) is 1. The smallest absolute Gasteiger partial charge is 0.121 e. The van der Waals surface area contributed by atoms with Crippen LogP contribution >= 0.6 is 11.6 Å². The molecule has 2 fully saturated rings. The summed E-state index contributed by atoms with van der Waals surface area (Å²) in [4.78, 5) is 0. The molecule has 4 nitrogen and oxygen atoms in total. The lowest BCUT2D eigenvalue weighted by Gasteiger charge is -2.43. The minimum atomic E-state index is -0.0568. The van der Waals surface area contributed by atoms with E-state index in [0.29, 0.717) is 10.7 Å². The maximum absolute atomic E-state index is 6.06. The van der Waals surface area contributed by atoms with Gasteiger partial charge in [0, 0.05) is 32.1 Å². The summed E-state index contributed by atoms with van der Waals surface area (Å²) in [5, 5.41) is 0.537. The van der Waals surface area contributed by atoms with Crippen LogP contribution in [0, 0.1) is 0 Å². The fraction of sp³-hybridized carbons (Fsp3) is 0.600. The zero-order chi connectivity index (χ0) is 14.0. The highest BCUT2D eigenvalue weighted by atomic mass is 35.5. The van der Waals surface area contributed by atoms with Crippen LogP contribution in [0.2, 0.25) is 5.02 Å². The maximum atomic E-state index is 6.06. The van der Waals surface area contributed by atoms with E-state index in [1.54, 1.807) is 12.1 Å². The third kappa shape index (κ3) is 3.03. The normalized spacial score (nSPS) is 25.6. The Morgan fingerprint density at radius 2 is 2.05 bits per heavy atom. The Balaban J connectivity index is 1.66. The Labute approximate surface area is 124 Å². The number of rotatable bonds is 2. The van der Waals surface area contributed by atoms with E-state index in [1.807, 2.05) is 6.07 Å². The molecule has 0 aliphatic carbocycles. The van der Waals surface area contributed by atoms with Gasteiger partial charge in [-0.25, -0.2) is 0 Å². The van der Waals surface area contributed by atoms with Crippen LogP contribution in [0.5, 0.6) is 5.75 Å². The van der Waals surface area contributed by atoms with Gasteiger partial charge in [-0.3, -0.25) is 0 Å². The highest BCUT2D eigenvalue weighted by molar-refractivity contribution is 6.33. The standard InChI is InChI=1S/C15H20ClNO3/c16-13-9-11(1-2-14(13)17)20-12-3-6-19-15(10-12)4-7-18-8-5-15/h1-2,9,12H,3-8,10,17H2. The number of benzene rings is 1. The predicted molar refractivity (Wildman–Crippen MR) is 78.3 cm³/mol. The summed E-state index contributed by atoms with van der Waals surface area (Å²) in [6.07, 6.45) is 3.90. The van der Waals surface area contributed by atoms with Crippen LogP contribution in [0.15, 0.2) is 18.2 Å². The molecule has 2 aliphatic rings. The average Bonchev–Trinajstić information content (AvgIpc) is 2.44. The first-order valence-electron chi connectivity index (χ1n) is 7.10. The molecule has 20 heavy (non-hydrogen) atoms. The Bertz CT molecular complexity index is 469. The second-order valence-corrected chi connectivity index (χ2v) is 5.97. The van der Waals surface area contributed by atoms with Gasteiger partial charge >= 0.3 is 0 Å². The van der Waals surface area contributed by atoms with Gasteiger partial charge < -0.3 is 19.9 Å². The summed E-state index contributed by atoms with van der Waals surface area (Å²) in [7, 11) is 0. The Morgan fingerprint density at radius 1 is 1.25 bits per heavy atom. The largest absolute Gasteiger partial charge is 0.490 e. The van der Waals surface area contributed by atoms with Gasteiger partial charge in [-0.15, -0.1) is 0 Å². The first-order valence-corrected chi connectivity index (χ1v) is 7.48. The van der Waals surface area contributed by atoms with Gasteiger partial charge in [0.05, 0.1) is 22.9 Å². The molecule has 3 rings (SSSR count). The highest BCUT2D eigenvalue weighted by Gasteiger charge is 2.39. The maximum Gasteiger partial charge on any atom is 0.121 e. The van der Waals surface area contributed by atoms with Gasteiger partial charge in [-0.1, -0.05) is 11.6 Å². The topological polar surface area (TPSA) is 53.7 Å². The van der Waals surface area contributed by atoms with Crippen molar-refractivity contribution in [2.75, 3.05) is 25.6 Å². The third-order valence-corrected chi connectivity index (χ3v) is 4.45. The number of hydrogen-bond donors (Lipinski definition) is 1. The highest BCUT2D eigenvalue weighted by Crippen LogP contribution is 2.36. The van der Waals surface area contributed by atoms with Crippen LogP contribution < -0.4 is 10.5 Å². The lowest BCUT2D eigenvalue weighted by Crippen LogP contribution is -2.47. The number of anilines is 1. The number of halogens is 1.